The van der Waals surface area contributed by atoms with Crippen molar-refractivity contribution >= 4 is 17.5 Å². The van der Waals surface area contributed by atoms with Gasteiger partial charge in [-0.15, -0.1) is 0 Å². The van der Waals surface area contributed by atoms with Crippen molar-refractivity contribution in [2.24, 2.45) is 11.7 Å². The van der Waals surface area contributed by atoms with Crippen LogP contribution >= 0.6 is 11.6 Å². The van der Waals surface area contributed by atoms with E-state index in [1.165, 1.54) is 0 Å². The summed E-state index contributed by atoms with van der Waals surface area (Å²) in [5.41, 5.74) is 7.57. The van der Waals surface area contributed by atoms with Crippen molar-refractivity contribution in [1.82, 2.24) is 5.32 Å². The highest BCUT2D eigenvalue weighted by Crippen LogP contribution is 2.22. The fourth-order valence-corrected chi connectivity index (χ4v) is 2.94. The number of nitrogens with one attached hydrogen (secondary N) is 1. The normalized spacial score (nSPS) is 17.6. The molecular formula is C16H23ClN2O2. The van der Waals surface area contributed by atoms with E-state index in [0.29, 0.717) is 18.9 Å². The van der Waals surface area contributed by atoms with E-state index in [4.69, 9.17) is 22.1 Å². The lowest BCUT2D eigenvalue weighted by molar-refractivity contribution is -0.119. The molecule has 4 nitrogen and oxygen atoms in total. The molecule has 1 atom stereocenters. The maximum absolute atomic E-state index is 11.3. The van der Waals surface area contributed by atoms with Gasteiger partial charge in [-0.05, 0) is 42.9 Å². The quantitative estimate of drug-likeness (QED) is 0.848. The van der Waals surface area contributed by atoms with Crippen LogP contribution in [0.5, 0.6) is 0 Å². The third-order valence-corrected chi connectivity index (χ3v) is 4.47. The molecule has 1 amide bonds. The lowest BCUT2D eigenvalue weighted by Gasteiger charge is -2.30. The first-order valence-electron chi connectivity index (χ1n) is 7.40. The minimum atomic E-state index is -0.263. The number of primary amides is 1. The number of carbonyl (C=O) groups excluding carboxylic acids is 1. The number of amides is 1. The highest BCUT2D eigenvalue weighted by atomic mass is 35.5. The van der Waals surface area contributed by atoms with Crippen molar-refractivity contribution in [2.75, 3.05) is 13.2 Å². The Bertz CT molecular complexity index is 487. The zero-order valence-corrected chi connectivity index (χ0v) is 13.2. The molecule has 5 heteroatoms. The van der Waals surface area contributed by atoms with Crippen LogP contribution in [-0.4, -0.2) is 25.2 Å². The number of aryl methyl sites for hydroxylation is 1. The average molecular weight is 311 g/mol. The number of hydrogen-bond acceptors (Lipinski definition) is 3. The lowest BCUT2D eigenvalue weighted by atomic mass is 9.89. The molecule has 1 aromatic carbocycles. The molecular weight excluding hydrogens is 288 g/mol. The molecule has 0 saturated carbocycles. The van der Waals surface area contributed by atoms with Gasteiger partial charge in [-0.3, -0.25) is 4.79 Å². The molecule has 116 valence electrons. The van der Waals surface area contributed by atoms with Crippen molar-refractivity contribution in [1.29, 1.82) is 0 Å². The van der Waals surface area contributed by atoms with Crippen LogP contribution in [0.4, 0.5) is 0 Å². The SMILES string of the molecule is Cc1ccc(CNC(CC(N)=O)C2CCOCC2)cc1Cl. The smallest absolute Gasteiger partial charge is 0.218 e. The van der Waals surface area contributed by atoms with Gasteiger partial charge in [-0.25, -0.2) is 0 Å². The topological polar surface area (TPSA) is 64.3 Å². The average Bonchev–Trinajstić information content (AvgIpc) is 2.47. The molecule has 0 spiro atoms. The second kappa shape index (κ2) is 7.78. The molecule has 0 radical (unpaired) electrons. The maximum atomic E-state index is 11.3. The molecule has 1 aliphatic heterocycles. The summed E-state index contributed by atoms with van der Waals surface area (Å²) < 4.78 is 5.39. The Kier molecular flexibility index (Phi) is 6.03. The number of nitrogens with two attached hydrogens (primary N) is 1. The third kappa shape index (κ3) is 4.99. The third-order valence-electron chi connectivity index (χ3n) is 4.06. The minimum Gasteiger partial charge on any atom is -0.381 e. The predicted molar refractivity (Wildman–Crippen MR) is 84.2 cm³/mol. The zero-order valence-electron chi connectivity index (χ0n) is 12.4. The van der Waals surface area contributed by atoms with Crippen LogP contribution < -0.4 is 11.1 Å². The Labute approximate surface area is 131 Å². The van der Waals surface area contributed by atoms with E-state index in [1.54, 1.807) is 0 Å². The van der Waals surface area contributed by atoms with Gasteiger partial charge < -0.3 is 15.8 Å². The molecule has 2 rings (SSSR count). The first-order chi connectivity index (χ1) is 10.1. The maximum Gasteiger partial charge on any atom is 0.218 e. The Morgan fingerprint density at radius 1 is 1.48 bits per heavy atom. The minimum absolute atomic E-state index is 0.103. The summed E-state index contributed by atoms with van der Waals surface area (Å²) in [6.07, 6.45) is 2.31. The first-order valence-corrected chi connectivity index (χ1v) is 7.78. The second-order valence-corrected chi connectivity index (χ2v) is 6.10. The van der Waals surface area contributed by atoms with Crippen LogP contribution in [0.3, 0.4) is 0 Å². The molecule has 1 aliphatic rings. The van der Waals surface area contributed by atoms with Crippen molar-refractivity contribution < 1.29 is 9.53 Å². The lowest BCUT2D eigenvalue weighted by Crippen LogP contribution is -2.41. The summed E-state index contributed by atoms with van der Waals surface area (Å²) in [7, 11) is 0. The highest BCUT2D eigenvalue weighted by molar-refractivity contribution is 6.31. The number of hydrogen-bond donors (Lipinski definition) is 2. The fourth-order valence-electron chi connectivity index (χ4n) is 2.74. The predicted octanol–water partition coefficient (Wildman–Crippen LogP) is 2.41. The summed E-state index contributed by atoms with van der Waals surface area (Å²) in [6, 6.07) is 6.14. The molecule has 3 N–H and O–H groups in total. The summed E-state index contributed by atoms with van der Waals surface area (Å²) in [4.78, 5) is 11.3. The van der Waals surface area contributed by atoms with Crippen molar-refractivity contribution in [3.8, 4) is 0 Å². The molecule has 1 unspecified atom stereocenters. The number of halogens is 1. The van der Waals surface area contributed by atoms with Crippen molar-refractivity contribution in [2.45, 2.75) is 38.8 Å². The number of benzene rings is 1. The molecule has 1 fully saturated rings. The van der Waals surface area contributed by atoms with Crippen LogP contribution in [0.1, 0.15) is 30.4 Å². The Morgan fingerprint density at radius 3 is 2.81 bits per heavy atom. The van der Waals surface area contributed by atoms with Crippen LogP contribution in [0.15, 0.2) is 18.2 Å². The van der Waals surface area contributed by atoms with Crippen molar-refractivity contribution in [3.63, 3.8) is 0 Å². The number of ether oxygens (including phenoxy) is 1. The fraction of sp³-hybridized carbons (Fsp3) is 0.562. The standard InChI is InChI=1S/C16H23ClN2O2/c1-11-2-3-12(8-14(11)17)10-19-15(9-16(18)20)13-4-6-21-7-5-13/h2-3,8,13,15,19H,4-7,9-10H2,1H3,(H2,18,20). The highest BCUT2D eigenvalue weighted by Gasteiger charge is 2.25. The van der Waals surface area contributed by atoms with E-state index in [2.05, 4.69) is 11.4 Å². The molecule has 0 aliphatic carbocycles. The van der Waals surface area contributed by atoms with Gasteiger partial charge in [-0.2, -0.15) is 0 Å². The van der Waals surface area contributed by atoms with Crippen LogP contribution in [-0.2, 0) is 16.1 Å². The van der Waals surface area contributed by atoms with Gasteiger partial charge in [0.1, 0.15) is 0 Å². The van der Waals surface area contributed by atoms with E-state index in [-0.39, 0.29) is 11.9 Å². The van der Waals surface area contributed by atoms with Gasteiger partial charge in [0.15, 0.2) is 0 Å². The van der Waals surface area contributed by atoms with Gasteiger partial charge in [0.2, 0.25) is 5.91 Å². The second-order valence-electron chi connectivity index (χ2n) is 5.69. The molecule has 1 saturated heterocycles. The van der Waals surface area contributed by atoms with Gasteiger partial charge in [-0.1, -0.05) is 23.7 Å². The Balaban J connectivity index is 1.97. The molecule has 21 heavy (non-hydrogen) atoms. The number of rotatable bonds is 6. The van der Waals surface area contributed by atoms with Crippen LogP contribution in [0, 0.1) is 12.8 Å². The first kappa shape index (κ1) is 16.3. The van der Waals surface area contributed by atoms with E-state index < -0.39 is 0 Å². The van der Waals surface area contributed by atoms with Crippen molar-refractivity contribution in [3.05, 3.63) is 34.3 Å². The molecule has 1 heterocycles. The van der Waals surface area contributed by atoms with E-state index in [9.17, 15) is 4.79 Å². The molecule has 0 aromatic heterocycles. The zero-order chi connectivity index (χ0) is 15.2. The van der Waals surface area contributed by atoms with Gasteiger partial charge in [0.05, 0.1) is 0 Å². The monoisotopic (exact) mass is 310 g/mol. The van der Waals surface area contributed by atoms with Gasteiger partial charge in [0.25, 0.3) is 0 Å². The summed E-state index contributed by atoms with van der Waals surface area (Å²) in [6.45, 7) is 4.20. The number of carbonyl (C=O) groups is 1. The molecule has 1 aromatic rings. The van der Waals surface area contributed by atoms with Gasteiger partial charge in [0, 0.05) is 37.2 Å². The van der Waals surface area contributed by atoms with E-state index >= 15 is 0 Å². The Hall–Kier alpha value is -1.10. The van der Waals surface area contributed by atoms with Gasteiger partial charge >= 0.3 is 0 Å². The van der Waals surface area contributed by atoms with E-state index in [0.717, 1.165) is 42.2 Å². The summed E-state index contributed by atoms with van der Waals surface area (Å²) >= 11 is 6.14. The largest absolute Gasteiger partial charge is 0.381 e. The van der Waals surface area contributed by atoms with Crippen LogP contribution in [0.25, 0.3) is 0 Å². The Morgan fingerprint density at radius 2 is 2.19 bits per heavy atom. The molecule has 0 bridgehead atoms. The summed E-state index contributed by atoms with van der Waals surface area (Å²) in [5, 5.41) is 4.24. The van der Waals surface area contributed by atoms with Crippen LogP contribution in [0.2, 0.25) is 5.02 Å². The summed E-state index contributed by atoms with van der Waals surface area (Å²) in [5.74, 6) is 0.174. The van der Waals surface area contributed by atoms with E-state index in [1.807, 2.05) is 19.1 Å².